The van der Waals surface area contributed by atoms with Crippen molar-refractivity contribution in [3.63, 3.8) is 0 Å². The summed E-state index contributed by atoms with van der Waals surface area (Å²) in [4.78, 5) is 13.7. The predicted molar refractivity (Wildman–Crippen MR) is 156 cm³/mol. The van der Waals surface area contributed by atoms with E-state index < -0.39 is 52.1 Å². The average Bonchev–Trinajstić information content (AvgIpc) is 3.54. The Morgan fingerprint density at radius 2 is 1.38 bits per heavy atom. The summed E-state index contributed by atoms with van der Waals surface area (Å²) in [5.41, 5.74) is -3.14. The number of nitrogens with one attached hydrogen (secondary N) is 1. The molecule has 1 amide bonds. The van der Waals surface area contributed by atoms with Crippen molar-refractivity contribution in [1.29, 1.82) is 0 Å². The van der Waals surface area contributed by atoms with Crippen molar-refractivity contribution in [1.82, 2.24) is 5.32 Å². The minimum atomic E-state index is -5.12. The van der Waals surface area contributed by atoms with Gasteiger partial charge in [0, 0.05) is 5.56 Å². The van der Waals surface area contributed by atoms with Gasteiger partial charge in [-0.1, -0.05) is 54.6 Å². The number of hydrogen-bond acceptors (Lipinski definition) is 2. The lowest BCUT2D eigenvalue weighted by molar-refractivity contribution is -0.140. The number of alkyl halides is 6. The Hall–Kier alpha value is -4.51. The van der Waals surface area contributed by atoms with E-state index in [1.165, 1.54) is 11.3 Å². The molecule has 0 saturated heterocycles. The van der Waals surface area contributed by atoms with Crippen LogP contribution in [0.2, 0.25) is 0 Å². The summed E-state index contributed by atoms with van der Waals surface area (Å²) in [5.74, 6) is -3.96. The zero-order chi connectivity index (χ0) is 32.4. The van der Waals surface area contributed by atoms with Gasteiger partial charge in [-0.15, -0.1) is 0 Å². The van der Waals surface area contributed by atoms with Gasteiger partial charge in [-0.25, -0.2) is 8.78 Å². The molecule has 0 spiro atoms. The van der Waals surface area contributed by atoms with E-state index in [1.807, 2.05) is 16.8 Å². The number of rotatable bonds is 8. The van der Waals surface area contributed by atoms with Gasteiger partial charge in [-0.05, 0) is 93.9 Å². The topological polar surface area (TPSA) is 29.1 Å². The molecule has 2 nitrogen and oxygen atoms in total. The largest absolute Gasteiger partial charge is 0.419 e. The molecule has 0 radical (unpaired) electrons. The van der Waals surface area contributed by atoms with Crippen molar-refractivity contribution in [3.8, 4) is 11.1 Å². The van der Waals surface area contributed by atoms with E-state index in [9.17, 15) is 39.9 Å². The molecule has 1 N–H and O–H groups in total. The number of aryl methyl sites for hydroxylation is 1. The lowest BCUT2D eigenvalue weighted by atomic mass is 9.77. The van der Waals surface area contributed by atoms with Gasteiger partial charge in [0.25, 0.3) is 5.91 Å². The Kier molecular flexibility index (Phi) is 8.84. The molecule has 1 aromatic heterocycles. The van der Waals surface area contributed by atoms with Crippen molar-refractivity contribution in [2.45, 2.75) is 30.7 Å². The molecule has 0 bridgehead atoms. The molecule has 0 aliphatic rings. The summed E-state index contributed by atoms with van der Waals surface area (Å²) in [5, 5.41) is 6.39. The maximum Gasteiger partial charge on any atom is 0.419 e. The fraction of sp³-hybridized carbons (Fsp3) is 0.147. The van der Waals surface area contributed by atoms with E-state index in [0.29, 0.717) is 24.3 Å². The van der Waals surface area contributed by atoms with Gasteiger partial charge >= 0.3 is 12.4 Å². The van der Waals surface area contributed by atoms with E-state index in [0.717, 1.165) is 28.8 Å². The molecule has 1 unspecified atom stereocenters. The quantitative estimate of drug-likeness (QED) is 0.167. The Morgan fingerprint density at radius 1 is 0.689 bits per heavy atom. The lowest BCUT2D eigenvalue weighted by Crippen LogP contribution is -2.47. The van der Waals surface area contributed by atoms with Crippen LogP contribution >= 0.6 is 11.3 Å². The maximum absolute atomic E-state index is 14.9. The third-order valence-corrected chi connectivity index (χ3v) is 8.13. The molecule has 45 heavy (non-hydrogen) atoms. The first-order valence-corrected chi connectivity index (χ1v) is 14.5. The number of hydrogen-bond donors (Lipinski definition) is 1. The molecule has 4 aromatic carbocycles. The van der Waals surface area contributed by atoms with Gasteiger partial charge < -0.3 is 5.32 Å². The summed E-state index contributed by atoms with van der Waals surface area (Å²) in [7, 11) is 0. The highest BCUT2D eigenvalue weighted by Crippen LogP contribution is 2.40. The third-order valence-electron chi connectivity index (χ3n) is 7.44. The second-order valence-corrected chi connectivity index (χ2v) is 11.1. The third kappa shape index (κ3) is 7.09. The zero-order valence-corrected chi connectivity index (χ0v) is 24.0. The predicted octanol–water partition coefficient (Wildman–Crippen LogP) is 10.0. The van der Waals surface area contributed by atoms with Crippen LogP contribution in [0.3, 0.4) is 0 Å². The second kappa shape index (κ2) is 12.5. The molecule has 232 valence electrons. The minimum absolute atomic E-state index is 0.116. The Labute approximate surface area is 257 Å². The molecule has 0 aliphatic carbocycles. The van der Waals surface area contributed by atoms with Crippen LogP contribution in [-0.4, -0.2) is 5.91 Å². The Bertz CT molecular complexity index is 1780. The van der Waals surface area contributed by atoms with E-state index in [-0.39, 0.29) is 24.0 Å². The van der Waals surface area contributed by atoms with E-state index in [1.54, 1.807) is 54.6 Å². The molecule has 0 fully saturated rings. The molecule has 5 aromatic rings. The van der Waals surface area contributed by atoms with Gasteiger partial charge in [0.1, 0.15) is 11.6 Å². The molecule has 0 saturated carbocycles. The highest BCUT2D eigenvalue weighted by atomic mass is 32.1. The van der Waals surface area contributed by atoms with Crippen LogP contribution in [0.4, 0.5) is 35.1 Å². The summed E-state index contributed by atoms with van der Waals surface area (Å²) in [6, 6.07) is 20.7. The zero-order valence-electron chi connectivity index (χ0n) is 23.1. The molecule has 0 aliphatic heterocycles. The maximum atomic E-state index is 14.9. The molecule has 5 rings (SSSR count). The van der Waals surface area contributed by atoms with Gasteiger partial charge in [-0.3, -0.25) is 4.79 Å². The lowest BCUT2D eigenvalue weighted by Gasteiger charge is -2.37. The van der Waals surface area contributed by atoms with Crippen molar-refractivity contribution < 1.29 is 39.9 Å². The fourth-order valence-corrected chi connectivity index (χ4v) is 5.83. The Balaban J connectivity index is 1.71. The SMILES string of the molecule is O=C(NC(CCc1ccccc1)(c1ccc(-c2ccsc2)cc1)c1cc(F)cc(C(F)(F)F)c1)c1ccc(F)c(C(F)(F)F)c1. The summed E-state index contributed by atoms with van der Waals surface area (Å²) >= 11 is 1.45. The molecule has 11 heteroatoms. The van der Waals surface area contributed by atoms with Crippen LogP contribution in [0.15, 0.2) is 108 Å². The van der Waals surface area contributed by atoms with Crippen LogP contribution in [0, 0.1) is 11.6 Å². The highest BCUT2D eigenvalue weighted by Gasteiger charge is 2.40. The standard InChI is InChI=1S/C34H23F8NOS/c35-28-18-26(17-27(19-28)33(37,38)39)32(14-12-21-4-2-1-3-5-21,25-9-6-22(7-10-25)24-13-15-45-20-24)43-31(44)23-8-11-30(36)29(16-23)34(40,41)42/h1-11,13,15-20H,12,14H2,(H,43,44). The molecular formula is C34H23F8NOS. The fourth-order valence-electron chi connectivity index (χ4n) is 5.16. The first-order valence-electron chi connectivity index (χ1n) is 13.5. The van der Waals surface area contributed by atoms with Gasteiger partial charge in [0.2, 0.25) is 0 Å². The molecule has 1 heterocycles. The van der Waals surface area contributed by atoms with Crippen molar-refractivity contribution in [3.05, 3.63) is 153 Å². The molecule has 1 atom stereocenters. The van der Waals surface area contributed by atoms with Crippen molar-refractivity contribution >= 4 is 17.2 Å². The van der Waals surface area contributed by atoms with Crippen molar-refractivity contribution in [2.75, 3.05) is 0 Å². The number of thiophene rings is 1. The van der Waals surface area contributed by atoms with Gasteiger partial charge in [-0.2, -0.15) is 37.7 Å². The van der Waals surface area contributed by atoms with E-state index in [2.05, 4.69) is 5.32 Å². The normalized spacial score (nSPS) is 13.3. The number of amides is 1. The van der Waals surface area contributed by atoms with Crippen LogP contribution in [0.1, 0.15) is 44.6 Å². The molecular weight excluding hydrogens is 622 g/mol. The first kappa shape index (κ1) is 31.9. The van der Waals surface area contributed by atoms with Crippen LogP contribution < -0.4 is 5.32 Å². The van der Waals surface area contributed by atoms with E-state index in [4.69, 9.17) is 0 Å². The van der Waals surface area contributed by atoms with Crippen LogP contribution in [0.25, 0.3) is 11.1 Å². The minimum Gasteiger partial charge on any atom is -0.338 e. The smallest absolute Gasteiger partial charge is 0.338 e. The summed E-state index contributed by atoms with van der Waals surface area (Å²) in [6.45, 7) is 0. The number of carbonyl (C=O) groups is 1. The van der Waals surface area contributed by atoms with Crippen LogP contribution in [-0.2, 0) is 24.3 Å². The monoisotopic (exact) mass is 645 g/mol. The Morgan fingerprint density at radius 3 is 2.00 bits per heavy atom. The van der Waals surface area contributed by atoms with Crippen molar-refractivity contribution in [2.24, 2.45) is 0 Å². The van der Waals surface area contributed by atoms with Crippen LogP contribution in [0.5, 0.6) is 0 Å². The first-order chi connectivity index (χ1) is 21.3. The van der Waals surface area contributed by atoms with Gasteiger partial charge in [0.15, 0.2) is 0 Å². The number of benzene rings is 4. The second-order valence-electron chi connectivity index (χ2n) is 10.4. The van der Waals surface area contributed by atoms with Gasteiger partial charge in [0.05, 0.1) is 16.7 Å². The van der Waals surface area contributed by atoms with E-state index >= 15 is 0 Å². The highest BCUT2D eigenvalue weighted by molar-refractivity contribution is 7.08. The average molecular weight is 646 g/mol. The number of carbonyl (C=O) groups excluding carboxylic acids is 1. The summed E-state index contributed by atoms with van der Waals surface area (Å²) in [6.07, 6.45) is -10.0. The summed E-state index contributed by atoms with van der Waals surface area (Å²) < 4.78 is 111. The number of halogens is 8.